The van der Waals surface area contributed by atoms with Crippen LogP contribution in [0.25, 0.3) is 0 Å². The number of carbonyl (C=O) groups is 2. The third kappa shape index (κ3) is 4.35. The third-order valence-corrected chi connectivity index (χ3v) is 4.45. The second-order valence-electron chi connectivity index (χ2n) is 6.01. The van der Waals surface area contributed by atoms with Gasteiger partial charge in [0.2, 0.25) is 0 Å². The van der Waals surface area contributed by atoms with E-state index in [2.05, 4.69) is 11.4 Å². The number of aliphatic carboxylic acids is 1. The van der Waals surface area contributed by atoms with E-state index in [0.29, 0.717) is 25.9 Å². The Bertz CT molecular complexity index is 428. The highest BCUT2D eigenvalue weighted by Gasteiger charge is 2.34. The van der Waals surface area contributed by atoms with Gasteiger partial charge in [0.15, 0.2) is 0 Å². The first-order valence-electron chi connectivity index (χ1n) is 7.77. The van der Waals surface area contributed by atoms with Crippen molar-refractivity contribution in [3.63, 3.8) is 0 Å². The molecule has 116 valence electrons. The van der Waals surface area contributed by atoms with Gasteiger partial charge in [-0.25, -0.2) is 4.79 Å². The van der Waals surface area contributed by atoms with Crippen molar-refractivity contribution in [2.75, 3.05) is 13.1 Å². The molecule has 2 amide bonds. The third-order valence-electron chi connectivity index (χ3n) is 4.45. The number of nitriles is 1. The van der Waals surface area contributed by atoms with Crippen LogP contribution in [0.4, 0.5) is 4.79 Å². The van der Waals surface area contributed by atoms with Crippen LogP contribution in [-0.4, -0.2) is 41.1 Å². The summed E-state index contributed by atoms with van der Waals surface area (Å²) in [5.74, 6) is -1.07. The molecule has 0 aromatic rings. The number of nitrogens with one attached hydrogen (secondary N) is 1. The van der Waals surface area contributed by atoms with Crippen LogP contribution in [0, 0.1) is 23.2 Å². The fraction of sp³-hybridized carbons (Fsp3) is 0.800. The van der Waals surface area contributed by atoms with E-state index in [1.165, 1.54) is 0 Å². The summed E-state index contributed by atoms with van der Waals surface area (Å²) in [4.78, 5) is 25.2. The summed E-state index contributed by atoms with van der Waals surface area (Å²) in [5, 5.41) is 20.8. The molecule has 2 atom stereocenters. The van der Waals surface area contributed by atoms with Gasteiger partial charge >= 0.3 is 12.0 Å². The first-order valence-corrected chi connectivity index (χ1v) is 7.77. The van der Waals surface area contributed by atoms with Crippen LogP contribution in [0.1, 0.15) is 44.9 Å². The van der Waals surface area contributed by atoms with Gasteiger partial charge in [-0.05, 0) is 31.6 Å². The number of carboxylic acids is 1. The summed E-state index contributed by atoms with van der Waals surface area (Å²) >= 11 is 0. The maximum atomic E-state index is 12.2. The van der Waals surface area contributed by atoms with Gasteiger partial charge in [-0.1, -0.05) is 12.8 Å². The maximum Gasteiger partial charge on any atom is 0.317 e. The normalized spacial score (nSPS) is 24.9. The zero-order chi connectivity index (χ0) is 15.2. The minimum absolute atomic E-state index is 0.0252. The van der Waals surface area contributed by atoms with Gasteiger partial charge in [-0.2, -0.15) is 5.26 Å². The Balaban J connectivity index is 1.83. The van der Waals surface area contributed by atoms with E-state index < -0.39 is 5.97 Å². The van der Waals surface area contributed by atoms with Crippen molar-refractivity contribution >= 4 is 12.0 Å². The molecule has 0 radical (unpaired) electrons. The first-order chi connectivity index (χ1) is 10.1. The molecular formula is C15H23N3O3. The number of urea groups is 1. The van der Waals surface area contributed by atoms with E-state index in [4.69, 9.17) is 5.26 Å². The number of hydrogen-bond acceptors (Lipinski definition) is 3. The molecule has 0 spiro atoms. The predicted octanol–water partition coefficient (Wildman–Crippen LogP) is 1.97. The molecule has 2 N–H and O–H groups in total. The molecule has 0 aromatic carbocycles. The summed E-state index contributed by atoms with van der Waals surface area (Å²) in [6, 6.07) is 2.18. The minimum Gasteiger partial charge on any atom is -0.481 e. The van der Waals surface area contributed by atoms with Crippen molar-refractivity contribution < 1.29 is 14.7 Å². The predicted molar refractivity (Wildman–Crippen MR) is 76.4 cm³/mol. The number of carboxylic acid groups (broad SMARTS) is 1. The Morgan fingerprint density at radius 1 is 1.24 bits per heavy atom. The lowest BCUT2D eigenvalue weighted by molar-refractivity contribution is -0.144. The van der Waals surface area contributed by atoms with Gasteiger partial charge in [0.25, 0.3) is 0 Å². The van der Waals surface area contributed by atoms with E-state index in [0.717, 1.165) is 32.1 Å². The molecule has 2 fully saturated rings. The first kappa shape index (κ1) is 15.6. The fourth-order valence-electron chi connectivity index (χ4n) is 3.10. The molecule has 2 rings (SSSR count). The van der Waals surface area contributed by atoms with Crippen molar-refractivity contribution in [2.45, 2.75) is 51.0 Å². The molecule has 0 saturated heterocycles. The smallest absolute Gasteiger partial charge is 0.317 e. The van der Waals surface area contributed by atoms with Crippen LogP contribution >= 0.6 is 0 Å². The molecule has 0 heterocycles. The molecule has 2 aliphatic rings. The molecule has 2 aliphatic carbocycles. The summed E-state index contributed by atoms with van der Waals surface area (Å²) in [6.45, 7) is 0.881. The number of rotatable bonds is 6. The van der Waals surface area contributed by atoms with E-state index in [-0.39, 0.29) is 23.9 Å². The van der Waals surface area contributed by atoms with E-state index in [1.54, 1.807) is 4.90 Å². The molecule has 2 saturated carbocycles. The molecule has 6 heteroatoms. The Hall–Kier alpha value is -1.77. The number of nitrogens with zero attached hydrogens (tertiary/aromatic N) is 2. The largest absolute Gasteiger partial charge is 0.481 e. The fourth-order valence-corrected chi connectivity index (χ4v) is 3.10. The van der Waals surface area contributed by atoms with Crippen LogP contribution in [0.2, 0.25) is 0 Å². The highest BCUT2D eigenvalue weighted by atomic mass is 16.4. The van der Waals surface area contributed by atoms with Gasteiger partial charge in [-0.15, -0.1) is 0 Å². The average Bonchev–Trinajstić information content (AvgIpc) is 3.30. The highest BCUT2D eigenvalue weighted by molar-refractivity contribution is 5.75. The summed E-state index contributed by atoms with van der Waals surface area (Å²) < 4.78 is 0. The minimum atomic E-state index is -0.752. The summed E-state index contributed by atoms with van der Waals surface area (Å²) in [7, 11) is 0. The Morgan fingerprint density at radius 2 is 1.95 bits per heavy atom. The SMILES string of the molecule is N#CCCN(C(=O)NCC1CCCCC1C(=O)O)C1CC1. The van der Waals surface area contributed by atoms with Gasteiger partial charge in [0.05, 0.1) is 18.4 Å². The van der Waals surface area contributed by atoms with E-state index in [9.17, 15) is 14.7 Å². The van der Waals surface area contributed by atoms with Crippen molar-refractivity contribution in [1.29, 1.82) is 5.26 Å². The maximum absolute atomic E-state index is 12.2. The van der Waals surface area contributed by atoms with E-state index in [1.807, 2.05) is 0 Å². The van der Waals surface area contributed by atoms with Crippen LogP contribution in [0.3, 0.4) is 0 Å². The van der Waals surface area contributed by atoms with Crippen molar-refractivity contribution in [2.24, 2.45) is 11.8 Å². The van der Waals surface area contributed by atoms with Crippen molar-refractivity contribution in [3.05, 3.63) is 0 Å². The number of amides is 2. The van der Waals surface area contributed by atoms with Gasteiger partial charge in [0.1, 0.15) is 0 Å². The quantitative estimate of drug-likeness (QED) is 0.783. The van der Waals surface area contributed by atoms with E-state index >= 15 is 0 Å². The van der Waals surface area contributed by atoms with Gasteiger partial charge in [-0.3, -0.25) is 4.79 Å². The molecule has 0 bridgehead atoms. The molecule has 21 heavy (non-hydrogen) atoms. The van der Waals surface area contributed by atoms with Crippen LogP contribution < -0.4 is 5.32 Å². The number of hydrogen-bond donors (Lipinski definition) is 2. The van der Waals surface area contributed by atoms with Crippen molar-refractivity contribution in [1.82, 2.24) is 10.2 Å². The summed E-state index contributed by atoms with van der Waals surface area (Å²) in [5.41, 5.74) is 0. The zero-order valence-corrected chi connectivity index (χ0v) is 12.3. The van der Waals surface area contributed by atoms with Gasteiger partial charge < -0.3 is 15.3 Å². The average molecular weight is 293 g/mol. The van der Waals surface area contributed by atoms with Crippen LogP contribution in [0.5, 0.6) is 0 Å². The van der Waals surface area contributed by atoms with Crippen LogP contribution in [-0.2, 0) is 4.79 Å². The molecule has 0 aliphatic heterocycles. The Labute approximate surface area is 125 Å². The highest BCUT2D eigenvalue weighted by Crippen LogP contribution is 2.30. The molecule has 2 unspecified atom stereocenters. The Kier molecular flexibility index (Phi) is 5.43. The number of carbonyl (C=O) groups excluding carboxylic acids is 1. The van der Waals surface area contributed by atoms with Crippen molar-refractivity contribution in [3.8, 4) is 6.07 Å². The lowest BCUT2D eigenvalue weighted by Gasteiger charge is -2.30. The van der Waals surface area contributed by atoms with Gasteiger partial charge in [0, 0.05) is 19.1 Å². The monoisotopic (exact) mass is 293 g/mol. The molecule has 0 aromatic heterocycles. The zero-order valence-electron chi connectivity index (χ0n) is 12.3. The Morgan fingerprint density at radius 3 is 2.57 bits per heavy atom. The second-order valence-corrected chi connectivity index (χ2v) is 6.01. The molecule has 6 nitrogen and oxygen atoms in total. The topological polar surface area (TPSA) is 93.4 Å². The molecular weight excluding hydrogens is 270 g/mol. The van der Waals surface area contributed by atoms with Crippen LogP contribution in [0.15, 0.2) is 0 Å². The lowest BCUT2D eigenvalue weighted by Crippen LogP contribution is -2.45. The summed E-state index contributed by atoms with van der Waals surface area (Å²) in [6.07, 6.45) is 5.89. The standard InChI is InChI=1S/C15H23N3O3/c16-8-3-9-18(12-6-7-12)15(21)17-10-11-4-1-2-5-13(11)14(19)20/h11-13H,1-7,9-10H2,(H,17,21)(H,19,20). The second kappa shape index (κ2) is 7.30. The lowest BCUT2D eigenvalue weighted by atomic mass is 9.79.